The topological polar surface area (TPSA) is 58.9 Å². The van der Waals surface area contributed by atoms with Gasteiger partial charge in [-0.2, -0.15) is 0 Å². The van der Waals surface area contributed by atoms with Crippen LogP contribution in [0.15, 0.2) is 0 Å². The first kappa shape index (κ1) is 9.92. The van der Waals surface area contributed by atoms with E-state index in [1.54, 1.807) is 13.8 Å². The van der Waals surface area contributed by atoms with E-state index in [0.29, 0.717) is 12.8 Å². The Hall–Kier alpha value is -0.160. The first-order chi connectivity index (χ1) is 5.58. The number of ether oxygens (including phenoxy) is 2. The Labute approximate surface area is 72.1 Å². The van der Waals surface area contributed by atoms with Gasteiger partial charge in [-0.25, -0.2) is 0 Å². The second-order valence-corrected chi connectivity index (χ2v) is 3.24. The summed E-state index contributed by atoms with van der Waals surface area (Å²) >= 11 is 0. The highest BCUT2D eigenvalue weighted by Crippen LogP contribution is 2.19. The zero-order valence-corrected chi connectivity index (χ0v) is 7.43. The van der Waals surface area contributed by atoms with Crippen molar-refractivity contribution in [3.05, 3.63) is 0 Å². The zero-order valence-electron chi connectivity index (χ0n) is 7.43. The molecule has 4 atom stereocenters. The molecule has 1 rings (SSSR count). The number of rotatable bonds is 2. The molecule has 4 unspecified atom stereocenters. The van der Waals surface area contributed by atoms with E-state index in [1.807, 2.05) is 0 Å². The van der Waals surface area contributed by atoms with E-state index < -0.39 is 12.4 Å². The fourth-order valence-corrected chi connectivity index (χ4v) is 1.39. The van der Waals surface area contributed by atoms with E-state index in [2.05, 4.69) is 0 Å². The molecule has 1 aliphatic rings. The SMILES string of the molecule is CC(O)CC1CC(O)OC(C)O1. The average Bonchev–Trinajstić information content (AvgIpc) is 1.81. The van der Waals surface area contributed by atoms with Gasteiger partial charge in [0.05, 0.1) is 12.2 Å². The summed E-state index contributed by atoms with van der Waals surface area (Å²) in [6.07, 6.45) is -0.633. The standard InChI is InChI=1S/C8H16O4/c1-5(9)3-7-4-8(10)12-6(2)11-7/h5-10H,3-4H2,1-2H3. The number of aliphatic hydroxyl groups excluding tert-OH is 2. The third-order valence-electron chi connectivity index (χ3n) is 1.80. The summed E-state index contributed by atoms with van der Waals surface area (Å²) in [6, 6.07) is 0. The number of aliphatic hydroxyl groups is 2. The molecule has 72 valence electrons. The molecule has 1 saturated heterocycles. The van der Waals surface area contributed by atoms with Crippen LogP contribution in [0.4, 0.5) is 0 Å². The Morgan fingerprint density at radius 3 is 2.67 bits per heavy atom. The van der Waals surface area contributed by atoms with Gasteiger partial charge >= 0.3 is 0 Å². The van der Waals surface area contributed by atoms with E-state index in [9.17, 15) is 5.11 Å². The molecule has 1 aliphatic heterocycles. The summed E-state index contributed by atoms with van der Waals surface area (Å²) in [4.78, 5) is 0. The lowest BCUT2D eigenvalue weighted by atomic mass is 10.1. The Morgan fingerprint density at radius 1 is 1.50 bits per heavy atom. The van der Waals surface area contributed by atoms with Gasteiger partial charge in [0.1, 0.15) is 0 Å². The van der Waals surface area contributed by atoms with Gasteiger partial charge in [0.25, 0.3) is 0 Å². The molecule has 1 fully saturated rings. The van der Waals surface area contributed by atoms with E-state index in [4.69, 9.17) is 14.6 Å². The molecule has 0 amide bonds. The van der Waals surface area contributed by atoms with Crippen molar-refractivity contribution in [1.29, 1.82) is 0 Å². The molecule has 2 N–H and O–H groups in total. The summed E-state index contributed by atoms with van der Waals surface area (Å²) in [6.45, 7) is 3.44. The van der Waals surface area contributed by atoms with Crippen LogP contribution in [0.3, 0.4) is 0 Å². The third-order valence-corrected chi connectivity index (χ3v) is 1.80. The molecule has 0 saturated carbocycles. The van der Waals surface area contributed by atoms with Crippen molar-refractivity contribution in [3.8, 4) is 0 Å². The van der Waals surface area contributed by atoms with Crippen molar-refractivity contribution in [2.45, 2.75) is 51.5 Å². The van der Waals surface area contributed by atoms with Crippen LogP contribution in [0.5, 0.6) is 0 Å². The van der Waals surface area contributed by atoms with E-state index >= 15 is 0 Å². The molecule has 0 aromatic heterocycles. The highest BCUT2D eigenvalue weighted by molar-refractivity contribution is 4.67. The smallest absolute Gasteiger partial charge is 0.160 e. The maximum atomic E-state index is 9.18. The van der Waals surface area contributed by atoms with Crippen LogP contribution in [0, 0.1) is 0 Å². The minimum atomic E-state index is -0.752. The van der Waals surface area contributed by atoms with Crippen molar-refractivity contribution >= 4 is 0 Å². The Bertz CT molecular complexity index is 124. The van der Waals surface area contributed by atoms with Crippen LogP contribution in [0.1, 0.15) is 26.7 Å². The summed E-state index contributed by atoms with van der Waals surface area (Å²) in [5, 5.41) is 18.3. The minimum absolute atomic E-state index is 0.0938. The van der Waals surface area contributed by atoms with Crippen molar-refractivity contribution < 1.29 is 19.7 Å². The van der Waals surface area contributed by atoms with Crippen LogP contribution in [0.25, 0.3) is 0 Å². The predicted octanol–water partition coefficient (Wildman–Crippen LogP) is 0.227. The molecular weight excluding hydrogens is 160 g/mol. The summed E-state index contributed by atoms with van der Waals surface area (Å²) in [5.41, 5.74) is 0. The largest absolute Gasteiger partial charge is 0.393 e. The van der Waals surface area contributed by atoms with Gasteiger partial charge in [-0.15, -0.1) is 0 Å². The van der Waals surface area contributed by atoms with E-state index in [1.165, 1.54) is 0 Å². The molecule has 0 aromatic rings. The van der Waals surface area contributed by atoms with E-state index in [-0.39, 0.29) is 12.4 Å². The Balaban J connectivity index is 2.34. The molecule has 12 heavy (non-hydrogen) atoms. The molecular formula is C8H16O4. The molecule has 0 bridgehead atoms. The van der Waals surface area contributed by atoms with Crippen LogP contribution < -0.4 is 0 Å². The Kier molecular flexibility index (Phi) is 3.46. The van der Waals surface area contributed by atoms with Crippen LogP contribution >= 0.6 is 0 Å². The lowest BCUT2D eigenvalue weighted by Crippen LogP contribution is -2.37. The maximum Gasteiger partial charge on any atom is 0.160 e. The molecule has 1 heterocycles. The van der Waals surface area contributed by atoms with Gasteiger partial charge < -0.3 is 19.7 Å². The second-order valence-electron chi connectivity index (χ2n) is 3.24. The van der Waals surface area contributed by atoms with Gasteiger partial charge in [0.2, 0.25) is 0 Å². The Morgan fingerprint density at radius 2 is 2.17 bits per heavy atom. The fraction of sp³-hybridized carbons (Fsp3) is 1.00. The van der Waals surface area contributed by atoms with Gasteiger partial charge in [-0.05, 0) is 20.3 Å². The zero-order chi connectivity index (χ0) is 9.14. The van der Waals surface area contributed by atoms with Crippen LogP contribution in [-0.2, 0) is 9.47 Å². The highest BCUT2D eigenvalue weighted by Gasteiger charge is 2.26. The average molecular weight is 176 g/mol. The van der Waals surface area contributed by atoms with Crippen LogP contribution in [0.2, 0.25) is 0 Å². The first-order valence-corrected chi connectivity index (χ1v) is 4.25. The summed E-state index contributed by atoms with van der Waals surface area (Å²) in [7, 11) is 0. The summed E-state index contributed by atoms with van der Waals surface area (Å²) < 4.78 is 10.3. The predicted molar refractivity (Wildman–Crippen MR) is 42.3 cm³/mol. The van der Waals surface area contributed by atoms with Gasteiger partial charge in [0.15, 0.2) is 12.6 Å². The quantitative estimate of drug-likeness (QED) is 0.632. The molecule has 0 aromatic carbocycles. The highest BCUT2D eigenvalue weighted by atomic mass is 16.7. The maximum absolute atomic E-state index is 9.18. The molecule has 0 spiro atoms. The minimum Gasteiger partial charge on any atom is -0.393 e. The lowest BCUT2D eigenvalue weighted by Gasteiger charge is -2.32. The van der Waals surface area contributed by atoms with Gasteiger partial charge in [0, 0.05) is 6.42 Å². The summed E-state index contributed by atoms with van der Waals surface area (Å²) in [5.74, 6) is 0. The molecule has 4 nitrogen and oxygen atoms in total. The molecule has 0 radical (unpaired) electrons. The molecule has 0 aliphatic carbocycles. The van der Waals surface area contributed by atoms with E-state index in [0.717, 1.165) is 0 Å². The fourth-order valence-electron chi connectivity index (χ4n) is 1.39. The second kappa shape index (κ2) is 4.18. The third kappa shape index (κ3) is 3.06. The normalized spacial score (nSPS) is 39.5. The van der Waals surface area contributed by atoms with Gasteiger partial charge in [-0.1, -0.05) is 0 Å². The van der Waals surface area contributed by atoms with Crippen molar-refractivity contribution in [2.75, 3.05) is 0 Å². The van der Waals surface area contributed by atoms with Crippen molar-refractivity contribution in [1.82, 2.24) is 0 Å². The number of hydrogen-bond donors (Lipinski definition) is 2. The first-order valence-electron chi connectivity index (χ1n) is 4.25. The monoisotopic (exact) mass is 176 g/mol. The van der Waals surface area contributed by atoms with Crippen molar-refractivity contribution in [2.24, 2.45) is 0 Å². The van der Waals surface area contributed by atoms with Crippen molar-refractivity contribution in [3.63, 3.8) is 0 Å². The number of hydrogen-bond acceptors (Lipinski definition) is 4. The van der Waals surface area contributed by atoms with Gasteiger partial charge in [-0.3, -0.25) is 0 Å². The molecule has 4 heteroatoms. The van der Waals surface area contributed by atoms with Crippen LogP contribution in [-0.4, -0.2) is 35.0 Å². The lowest BCUT2D eigenvalue weighted by molar-refractivity contribution is -0.289.